The molecule has 0 aliphatic rings. The topological polar surface area (TPSA) is 58.9 Å². The molecule has 14 heavy (non-hydrogen) atoms. The quantitative estimate of drug-likeness (QED) is 0.681. The van der Waals surface area contributed by atoms with Crippen LogP contribution >= 0.6 is 0 Å². The number of hydrogen-bond donors (Lipinski definition) is 0. The van der Waals surface area contributed by atoms with Crippen molar-refractivity contribution in [2.24, 2.45) is 0 Å². The first-order chi connectivity index (χ1) is 6.76. The molecule has 0 aliphatic carbocycles. The molecule has 1 aromatic heterocycles. The predicted octanol–water partition coefficient (Wildman–Crippen LogP) is 1.49. The van der Waals surface area contributed by atoms with E-state index in [0.29, 0.717) is 17.5 Å². The van der Waals surface area contributed by atoms with Gasteiger partial charge in [0.2, 0.25) is 0 Å². The smallest absolute Gasteiger partial charge is 0.335 e. The lowest BCUT2D eigenvalue weighted by atomic mass is 10.2. The van der Waals surface area contributed by atoms with Crippen LogP contribution in [0.3, 0.4) is 0 Å². The molecule has 4 nitrogen and oxygen atoms in total. The molecule has 0 bridgehead atoms. The standard InChI is InChI=1S/C10H8N2O2/c1-2-12-9-4-3-7(6-11)5-8(9)10(13)14-12/h3-5H,2H2,1H3. The molecule has 2 rings (SSSR count). The van der Waals surface area contributed by atoms with Crippen LogP contribution in [0.1, 0.15) is 12.5 Å². The van der Waals surface area contributed by atoms with Gasteiger partial charge in [0.25, 0.3) is 0 Å². The first-order valence-electron chi connectivity index (χ1n) is 4.30. The van der Waals surface area contributed by atoms with Crippen LogP contribution in [0.15, 0.2) is 27.5 Å². The second-order valence-electron chi connectivity index (χ2n) is 2.92. The Hall–Kier alpha value is -2.02. The number of nitriles is 1. The number of hydrogen-bond acceptors (Lipinski definition) is 3. The van der Waals surface area contributed by atoms with E-state index in [1.165, 1.54) is 4.74 Å². The molecule has 0 amide bonds. The van der Waals surface area contributed by atoms with Crippen LogP contribution in [0.5, 0.6) is 0 Å². The van der Waals surface area contributed by atoms with Crippen LogP contribution < -0.4 is 5.63 Å². The summed E-state index contributed by atoms with van der Waals surface area (Å²) >= 11 is 0. The van der Waals surface area contributed by atoms with Crippen molar-refractivity contribution in [3.63, 3.8) is 0 Å². The molecule has 0 fully saturated rings. The second kappa shape index (κ2) is 3.04. The third-order valence-electron chi connectivity index (χ3n) is 2.09. The first kappa shape index (κ1) is 8.57. The molecule has 0 radical (unpaired) electrons. The number of aromatic nitrogens is 1. The number of benzene rings is 1. The van der Waals surface area contributed by atoms with Gasteiger partial charge >= 0.3 is 5.63 Å². The van der Waals surface area contributed by atoms with Gasteiger partial charge in [-0.3, -0.25) is 0 Å². The third-order valence-corrected chi connectivity index (χ3v) is 2.09. The van der Waals surface area contributed by atoms with Crippen molar-refractivity contribution in [1.82, 2.24) is 4.74 Å². The molecule has 4 heteroatoms. The molecule has 0 atom stereocenters. The summed E-state index contributed by atoms with van der Waals surface area (Å²) in [5.74, 6) is 0. The molecular formula is C10H8N2O2. The maximum atomic E-state index is 11.3. The maximum absolute atomic E-state index is 11.3. The average molecular weight is 188 g/mol. The van der Waals surface area contributed by atoms with Gasteiger partial charge in [-0.2, -0.15) is 5.26 Å². The zero-order valence-corrected chi connectivity index (χ0v) is 7.65. The minimum absolute atomic E-state index is 0.390. The minimum atomic E-state index is -0.390. The summed E-state index contributed by atoms with van der Waals surface area (Å²) in [6.07, 6.45) is 0. The van der Waals surface area contributed by atoms with E-state index in [0.717, 1.165) is 5.52 Å². The van der Waals surface area contributed by atoms with Crippen LogP contribution in [-0.2, 0) is 6.54 Å². The van der Waals surface area contributed by atoms with E-state index in [4.69, 9.17) is 9.78 Å². The van der Waals surface area contributed by atoms with Gasteiger partial charge in [-0.1, -0.05) is 0 Å². The monoisotopic (exact) mass is 188 g/mol. The highest BCUT2D eigenvalue weighted by atomic mass is 16.5. The van der Waals surface area contributed by atoms with Gasteiger partial charge in [0.15, 0.2) is 0 Å². The molecular weight excluding hydrogens is 180 g/mol. The van der Waals surface area contributed by atoms with Crippen molar-refractivity contribution in [2.45, 2.75) is 13.5 Å². The summed E-state index contributed by atoms with van der Waals surface area (Å²) in [4.78, 5) is 11.3. The summed E-state index contributed by atoms with van der Waals surface area (Å²) in [6, 6.07) is 6.93. The van der Waals surface area contributed by atoms with Crippen molar-refractivity contribution < 1.29 is 4.52 Å². The van der Waals surface area contributed by atoms with E-state index < -0.39 is 0 Å². The first-order valence-corrected chi connectivity index (χ1v) is 4.30. The van der Waals surface area contributed by atoms with Crippen LogP contribution in [0.4, 0.5) is 0 Å². The molecule has 0 saturated carbocycles. The summed E-state index contributed by atoms with van der Waals surface area (Å²) in [6.45, 7) is 2.49. The molecule has 2 aromatic rings. The third kappa shape index (κ3) is 1.11. The SMILES string of the molecule is CCn1oc(=O)c2cc(C#N)ccc21. The Labute approximate surface area is 79.9 Å². The van der Waals surface area contributed by atoms with Crippen LogP contribution in [0.25, 0.3) is 10.9 Å². The van der Waals surface area contributed by atoms with E-state index in [1.54, 1.807) is 18.2 Å². The lowest BCUT2D eigenvalue weighted by Gasteiger charge is -1.95. The molecule has 0 spiro atoms. The molecule has 1 heterocycles. The maximum Gasteiger partial charge on any atom is 0.365 e. The van der Waals surface area contributed by atoms with Crippen molar-refractivity contribution in [1.29, 1.82) is 5.26 Å². The molecule has 70 valence electrons. The van der Waals surface area contributed by atoms with Gasteiger partial charge in [0.05, 0.1) is 29.1 Å². The summed E-state index contributed by atoms with van der Waals surface area (Å²) in [7, 11) is 0. The van der Waals surface area contributed by atoms with E-state index in [1.807, 2.05) is 13.0 Å². The minimum Gasteiger partial charge on any atom is -0.335 e. The highest BCUT2D eigenvalue weighted by Crippen LogP contribution is 2.12. The predicted molar refractivity (Wildman–Crippen MR) is 50.9 cm³/mol. The Morgan fingerprint density at radius 2 is 2.36 bits per heavy atom. The fourth-order valence-corrected chi connectivity index (χ4v) is 1.42. The zero-order valence-electron chi connectivity index (χ0n) is 7.65. The summed E-state index contributed by atoms with van der Waals surface area (Å²) in [5, 5.41) is 9.13. The van der Waals surface area contributed by atoms with Crippen molar-refractivity contribution in [2.75, 3.05) is 0 Å². The Kier molecular flexibility index (Phi) is 1.86. The van der Waals surface area contributed by atoms with Crippen molar-refractivity contribution >= 4 is 10.9 Å². The van der Waals surface area contributed by atoms with Crippen LogP contribution in [0.2, 0.25) is 0 Å². The lowest BCUT2D eigenvalue weighted by molar-refractivity contribution is 0.270. The number of rotatable bonds is 1. The van der Waals surface area contributed by atoms with Gasteiger partial charge in [-0.15, -0.1) is 0 Å². The van der Waals surface area contributed by atoms with E-state index in [-0.39, 0.29) is 5.63 Å². The Bertz CT molecular complexity index is 572. The van der Waals surface area contributed by atoms with Gasteiger partial charge in [-0.05, 0) is 25.1 Å². The Morgan fingerprint density at radius 3 is 3.00 bits per heavy atom. The van der Waals surface area contributed by atoms with Gasteiger partial charge < -0.3 is 4.52 Å². The lowest BCUT2D eigenvalue weighted by Crippen LogP contribution is -1.93. The fraction of sp³-hybridized carbons (Fsp3) is 0.200. The van der Waals surface area contributed by atoms with Crippen LogP contribution in [0, 0.1) is 11.3 Å². The molecule has 0 unspecified atom stereocenters. The van der Waals surface area contributed by atoms with Gasteiger partial charge in [-0.25, -0.2) is 9.53 Å². The molecule has 1 aromatic carbocycles. The second-order valence-corrected chi connectivity index (χ2v) is 2.92. The molecule has 0 aliphatic heterocycles. The Morgan fingerprint density at radius 1 is 1.57 bits per heavy atom. The van der Waals surface area contributed by atoms with E-state index in [2.05, 4.69) is 0 Å². The van der Waals surface area contributed by atoms with Crippen LogP contribution in [-0.4, -0.2) is 4.74 Å². The number of aryl methyl sites for hydroxylation is 1. The average Bonchev–Trinajstić information content (AvgIpc) is 2.55. The van der Waals surface area contributed by atoms with E-state index >= 15 is 0 Å². The highest BCUT2D eigenvalue weighted by Gasteiger charge is 2.07. The molecule has 0 saturated heterocycles. The highest BCUT2D eigenvalue weighted by molar-refractivity contribution is 5.79. The summed E-state index contributed by atoms with van der Waals surface area (Å²) in [5.41, 5.74) is 0.814. The number of fused-ring (bicyclic) bond motifs is 1. The van der Waals surface area contributed by atoms with Gasteiger partial charge in [0.1, 0.15) is 0 Å². The largest absolute Gasteiger partial charge is 0.365 e. The zero-order chi connectivity index (χ0) is 10.1. The van der Waals surface area contributed by atoms with Crippen molar-refractivity contribution in [3.8, 4) is 6.07 Å². The molecule has 0 N–H and O–H groups in total. The fourth-order valence-electron chi connectivity index (χ4n) is 1.42. The summed E-state index contributed by atoms with van der Waals surface area (Å²) < 4.78 is 6.48. The Balaban J connectivity index is 2.85. The van der Waals surface area contributed by atoms with Gasteiger partial charge in [0, 0.05) is 0 Å². The van der Waals surface area contributed by atoms with E-state index in [9.17, 15) is 4.79 Å². The van der Waals surface area contributed by atoms with Crippen molar-refractivity contribution in [3.05, 3.63) is 34.2 Å². The number of nitrogens with zero attached hydrogens (tertiary/aromatic N) is 2. The normalized spacial score (nSPS) is 10.3.